The van der Waals surface area contributed by atoms with Crippen molar-refractivity contribution in [2.45, 2.75) is 101 Å². The Bertz CT molecular complexity index is 1600. The van der Waals surface area contributed by atoms with Gasteiger partial charge in [-0.25, -0.2) is 4.98 Å². The number of nitrogens with one attached hydrogen (secondary N) is 2. The molecule has 1 aromatic carbocycles. The van der Waals surface area contributed by atoms with Crippen LogP contribution in [-0.4, -0.2) is 86.9 Å². The molecule has 0 amide bonds. The zero-order chi connectivity index (χ0) is 32.1. The first-order chi connectivity index (χ1) is 23.7. The van der Waals surface area contributed by atoms with Gasteiger partial charge in [0.15, 0.2) is 5.82 Å². The average molecular weight is 655 g/mol. The Balaban J connectivity index is 0.989. The first-order valence-electron chi connectivity index (χ1n) is 18.3. The molecule has 5 heterocycles. The summed E-state index contributed by atoms with van der Waals surface area (Å²) < 4.78 is 22.0. The molecule has 0 radical (unpaired) electrons. The molecule has 256 valence electrons. The van der Waals surface area contributed by atoms with Crippen LogP contribution in [0.1, 0.15) is 81.9 Å². The number of anilines is 3. The first-order valence-corrected chi connectivity index (χ1v) is 18.3. The summed E-state index contributed by atoms with van der Waals surface area (Å²) in [7, 11) is 0. The van der Waals surface area contributed by atoms with Crippen LogP contribution in [0.4, 0.5) is 17.5 Å². The quantitative estimate of drug-likeness (QED) is 0.199. The lowest BCUT2D eigenvalue weighted by molar-refractivity contribution is 0.00790. The number of nitrogens with zero attached hydrogens (tertiary/aromatic N) is 6. The van der Waals surface area contributed by atoms with Gasteiger partial charge < -0.3 is 29.4 Å². The summed E-state index contributed by atoms with van der Waals surface area (Å²) in [5.41, 5.74) is 4.23. The smallest absolute Gasteiger partial charge is 0.229 e. The predicted molar refractivity (Wildman–Crippen MR) is 187 cm³/mol. The van der Waals surface area contributed by atoms with E-state index in [4.69, 9.17) is 24.2 Å². The van der Waals surface area contributed by atoms with Gasteiger partial charge in [0, 0.05) is 56.8 Å². The van der Waals surface area contributed by atoms with E-state index in [1.807, 2.05) is 6.20 Å². The molecule has 0 spiro atoms. The van der Waals surface area contributed by atoms with Crippen molar-refractivity contribution in [2.75, 3.05) is 50.2 Å². The van der Waals surface area contributed by atoms with E-state index in [-0.39, 0.29) is 0 Å². The molecule has 11 nitrogen and oxygen atoms in total. The maximum Gasteiger partial charge on any atom is 0.229 e. The van der Waals surface area contributed by atoms with Crippen LogP contribution in [0.5, 0.6) is 0 Å². The van der Waals surface area contributed by atoms with Crippen molar-refractivity contribution in [3.8, 4) is 0 Å². The molecule has 0 unspecified atom stereocenters. The molecule has 0 atom stereocenters. The van der Waals surface area contributed by atoms with Crippen LogP contribution in [0, 0.1) is 0 Å². The maximum atomic E-state index is 6.33. The molecule has 4 fully saturated rings. The Morgan fingerprint density at radius 2 is 1.52 bits per heavy atom. The van der Waals surface area contributed by atoms with Gasteiger partial charge in [-0.15, -0.1) is 0 Å². The zero-order valence-electron chi connectivity index (χ0n) is 28.0. The van der Waals surface area contributed by atoms with Gasteiger partial charge in [0.2, 0.25) is 5.95 Å². The summed E-state index contributed by atoms with van der Waals surface area (Å²) in [6.07, 6.45) is 17.4. The number of hydrogen-bond acceptors (Lipinski definition) is 9. The molecule has 2 saturated carbocycles. The van der Waals surface area contributed by atoms with Gasteiger partial charge in [-0.2, -0.15) is 10.1 Å². The van der Waals surface area contributed by atoms with Crippen molar-refractivity contribution in [3.05, 3.63) is 60.6 Å². The van der Waals surface area contributed by atoms with E-state index < -0.39 is 0 Å². The molecule has 11 heteroatoms. The minimum Gasteiger partial charge on any atom is -0.381 e. The van der Waals surface area contributed by atoms with Crippen LogP contribution < -0.4 is 10.6 Å². The molecule has 48 heavy (non-hydrogen) atoms. The van der Waals surface area contributed by atoms with E-state index in [0.717, 1.165) is 113 Å². The van der Waals surface area contributed by atoms with Gasteiger partial charge in [-0.3, -0.25) is 9.58 Å². The summed E-state index contributed by atoms with van der Waals surface area (Å²) >= 11 is 0. The highest BCUT2D eigenvalue weighted by Crippen LogP contribution is 2.37. The van der Waals surface area contributed by atoms with Gasteiger partial charge in [0.25, 0.3) is 0 Å². The third-order valence-electron chi connectivity index (χ3n) is 11.0. The number of ether oxygens (including phenoxy) is 3. The van der Waals surface area contributed by atoms with Crippen molar-refractivity contribution < 1.29 is 14.2 Å². The Kier molecular flexibility index (Phi) is 9.88. The highest BCUT2D eigenvalue weighted by molar-refractivity contribution is 5.88. The summed E-state index contributed by atoms with van der Waals surface area (Å²) in [5, 5.41) is 12.1. The lowest BCUT2D eigenvalue weighted by Gasteiger charge is -2.39. The van der Waals surface area contributed by atoms with Gasteiger partial charge in [-0.05, 0) is 75.8 Å². The number of hydrogen-bond donors (Lipinski definition) is 2. The van der Waals surface area contributed by atoms with Crippen molar-refractivity contribution in [1.29, 1.82) is 0 Å². The molecule has 2 aliphatic heterocycles. The summed E-state index contributed by atoms with van der Waals surface area (Å²) in [5.74, 6) is 1.54. The van der Waals surface area contributed by atoms with Crippen LogP contribution in [0.3, 0.4) is 0 Å². The molecule has 3 aromatic heterocycles. The minimum absolute atomic E-state index is 0.302. The number of benzene rings is 1. The number of rotatable bonds is 10. The normalized spacial score (nSPS) is 26.1. The second-order valence-corrected chi connectivity index (χ2v) is 14.1. The predicted octanol–water partition coefficient (Wildman–Crippen LogP) is 6.48. The van der Waals surface area contributed by atoms with E-state index in [2.05, 4.69) is 78.7 Å². The lowest BCUT2D eigenvalue weighted by Crippen LogP contribution is -2.46. The SMILES string of the molecule is c1ccc(COC2CCC(n3ccc4nc(Nc5cnn(C6CCOCC6)c5)nc(NC5CCC(N6CCOCC6)CC5)c43)CC2)cc1. The summed E-state index contributed by atoms with van der Waals surface area (Å²) in [4.78, 5) is 12.8. The van der Waals surface area contributed by atoms with Gasteiger partial charge in [0.05, 0.1) is 49.4 Å². The Hall–Kier alpha value is -3.51. The van der Waals surface area contributed by atoms with Gasteiger partial charge in [-0.1, -0.05) is 30.3 Å². The van der Waals surface area contributed by atoms with Gasteiger partial charge >= 0.3 is 0 Å². The second-order valence-electron chi connectivity index (χ2n) is 14.1. The third-order valence-corrected chi connectivity index (χ3v) is 11.0. The van der Waals surface area contributed by atoms with E-state index in [9.17, 15) is 0 Å². The fraction of sp³-hybridized carbons (Fsp3) is 0.595. The minimum atomic E-state index is 0.302. The maximum absolute atomic E-state index is 6.33. The van der Waals surface area contributed by atoms with Crippen molar-refractivity contribution in [1.82, 2.24) is 29.2 Å². The zero-order valence-corrected chi connectivity index (χ0v) is 28.0. The van der Waals surface area contributed by atoms with Crippen molar-refractivity contribution >= 4 is 28.5 Å². The first kappa shape index (κ1) is 31.7. The lowest BCUT2D eigenvalue weighted by atomic mass is 9.90. The molecule has 2 N–H and O–H groups in total. The van der Waals surface area contributed by atoms with E-state index in [1.165, 1.54) is 18.4 Å². The number of morpholine rings is 1. The molecular weight excluding hydrogens is 604 g/mol. The number of fused-ring (bicyclic) bond motifs is 1. The van der Waals surface area contributed by atoms with Gasteiger partial charge in [0.1, 0.15) is 5.52 Å². The highest BCUT2D eigenvalue weighted by atomic mass is 16.5. The molecule has 2 aliphatic carbocycles. The third kappa shape index (κ3) is 7.39. The fourth-order valence-corrected chi connectivity index (χ4v) is 8.21. The molecule has 2 saturated heterocycles. The topological polar surface area (TPSA) is 104 Å². The molecule has 0 bridgehead atoms. The Morgan fingerprint density at radius 1 is 0.771 bits per heavy atom. The Labute approximate surface area is 283 Å². The second kappa shape index (κ2) is 14.9. The highest BCUT2D eigenvalue weighted by Gasteiger charge is 2.29. The van der Waals surface area contributed by atoms with Crippen LogP contribution >= 0.6 is 0 Å². The molecule has 8 rings (SSSR count). The van der Waals surface area contributed by atoms with Crippen molar-refractivity contribution in [2.24, 2.45) is 0 Å². The average Bonchev–Trinajstić information content (AvgIpc) is 3.80. The van der Waals surface area contributed by atoms with Crippen molar-refractivity contribution in [3.63, 3.8) is 0 Å². The van der Waals surface area contributed by atoms with E-state index in [0.29, 0.717) is 42.8 Å². The molecular formula is C37H50N8O3. The Morgan fingerprint density at radius 3 is 2.31 bits per heavy atom. The molecule has 4 aliphatic rings. The van der Waals surface area contributed by atoms with E-state index in [1.54, 1.807) is 0 Å². The molecule has 4 aromatic rings. The fourth-order valence-electron chi connectivity index (χ4n) is 8.21. The number of aromatic nitrogens is 5. The largest absolute Gasteiger partial charge is 0.381 e. The summed E-state index contributed by atoms with van der Waals surface area (Å²) in [6, 6.07) is 14.5. The summed E-state index contributed by atoms with van der Waals surface area (Å²) in [6.45, 7) is 6.09. The standard InChI is InChI=1S/C37H50N8O3/c1-2-4-27(5-3-1)26-48-33-12-10-31(11-13-33)44-17-14-34-35(44)36(39-28-6-8-30(9-7-28)43-18-22-47-23-19-43)42-37(41-34)40-29-24-38-45(25-29)32-15-20-46-21-16-32/h1-5,14,17,24-25,28,30-33H,6-13,15-16,18-23,26H2,(H2,39,40,41,42). The van der Waals surface area contributed by atoms with Crippen LogP contribution in [-0.2, 0) is 20.8 Å². The van der Waals surface area contributed by atoms with E-state index >= 15 is 0 Å². The van der Waals surface area contributed by atoms with Crippen LogP contribution in [0.25, 0.3) is 11.0 Å². The van der Waals surface area contributed by atoms with Crippen LogP contribution in [0.15, 0.2) is 55.0 Å². The van der Waals surface area contributed by atoms with Crippen LogP contribution in [0.2, 0.25) is 0 Å². The monoisotopic (exact) mass is 654 g/mol.